The third-order valence-corrected chi connectivity index (χ3v) is 7.02. The molecule has 7 nitrogen and oxygen atoms in total. The number of ether oxygens (including phenoxy) is 2. The summed E-state index contributed by atoms with van der Waals surface area (Å²) in [6, 6.07) is 13.9. The molecule has 1 aliphatic carbocycles. The highest BCUT2D eigenvalue weighted by atomic mass is 16.5. The van der Waals surface area contributed by atoms with Crippen LogP contribution in [0.2, 0.25) is 0 Å². The van der Waals surface area contributed by atoms with Gasteiger partial charge in [-0.25, -0.2) is 0 Å². The Bertz CT molecular complexity index is 1040. The molecule has 174 valence electrons. The van der Waals surface area contributed by atoms with Crippen LogP contribution in [0.4, 0.5) is 11.4 Å². The molecule has 0 unspecified atom stereocenters. The fourth-order valence-corrected chi connectivity index (χ4v) is 5.27. The van der Waals surface area contributed by atoms with Crippen LogP contribution in [0.5, 0.6) is 11.5 Å². The SMILES string of the molecule is COc1cc(OC)cc(C(=O)N2CCC[C@@]3(C2)Nc2ccccc2NC3=NC2CCCC2)c1. The van der Waals surface area contributed by atoms with Crippen LogP contribution in [-0.4, -0.2) is 55.5 Å². The number of para-hydroxylation sites is 2. The highest BCUT2D eigenvalue weighted by Gasteiger charge is 2.45. The maximum atomic E-state index is 13.6. The largest absolute Gasteiger partial charge is 0.497 e. The number of rotatable bonds is 4. The first-order valence-corrected chi connectivity index (χ1v) is 11.8. The van der Waals surface area contributed by atoms with Crippen molar-refractivity contribution in [1.82, 2.24) is 4.90 Å². The van der Waals surface area contributed by atoms with Crippen LogP contribution in [0.1, 0.15) is 48.9 Å². The number of aliphatic imine (C=N–C) groups is 1. The summed E-state index contributed by atoms with van der Waals surface area (Å²) < 4.78 is 10.8. The van der Waals surface area contributed by atoms with Gasteiger partial charge in [-0.2, -0.15) is 0 Å². The topological polar surface area (TPSA) is 75.2 Å². The monoisotopic (exact) mass is 448 g/mol. The van der Waals surface area contributed by atoms with Gasteiger partial charge < -0.3 is 25.0 Å². The maximum absolute atomic E-state index is 13.6. The van der Waals surface area contributed by atoms with E-state index in [4.69, 9.17) is 14.5 Å². The smallest absolute Gasteiger partial charge is 0.254 e. The van der Waals surface area contributed by atoms with Crippen molar-refractivity contribution in [2.24, 2.45) is 4.99 Å². The van der Waals surface area contributed by atoms with E-state index in [9.17, 15) is 4.79 Å². The van der Waals surface area contributed by atoms with E-state index in [1.54, 1.807) is 32.4 Å². The summed E-state index contributed by atoms with van der Waals surface area (Å²) in [5.41, 5.74) is 2.25. The first-order chi connectivity index (χ1) is 16.1. The van der Waals surface area contributed by atoms with Crippen LogP contribution in [0.3, 0.4) is 0 Å². The summed E-state index contributed by atoms with van der Waals surface area (Å²) in [7, 11) is 3.19. The summed E-state index contributed by atoms with van der Waals surface area (Å²) in [5, 5.41) is 7.41. The zero-order valence-corrected chi connectivity index (χ0v) is 19.4. The predicted molar refractivity (Wildman–Crippen MR) is 131 cm³/mol. The maximum Gasteiger partial charge on any atom is 0.254 e. The number of nitrogens with zero attached hydrogens (tertiary/aromatic N) is 2. The van der Waals surface area contributed by atoms with Gasteiger partial charge in [0.25, 0.3) is 5.91 Å². The number of nitrogens with one attached hydrogen (secondary N) is 2. The normalized spacial score (nSPS) is 23.7. The number of piperidine rings is 1. The summed E-state index contributed by atoms with van der Waals surface area (Å²) in [4.78, 5) is 20.7. The average molecular weight is 449 g/mol. The number of hydrogen-bond donors (Lipinski definition) is 2. The molecule has 0 bridgehead atoms. The second-order valence-electron chi connectivity index (χ2n) is 9.23. The van der Waals surface area contributed by atoms with E-state index in [0.29, 0.717) is 36.2 Å². The molecular formula is C26H32N4O3. The number of carbonyl (C=O) groups excluding carboxylic acids is 1. The van der Waals surface area contributed by atoms with Gasteiger partial charge in [0.1, 0.15) is 22.9 Å². The molecule has 2 aliphatic heterocycles. The van der Waals surface area contributed by atoms with Crippen LogP contribution in [0, 0.1) is 0 Å². The second-order valence-corrected chi connectivity index (χ2v) is 9.23. The Labute approximate surface area is 195 Å². The van der Waals surface area contributed by atoms with Crippen LogP contribution in [0.25, 0.3) is 0 Å². The van der Waals surface area contributed by atoms with Crippen molar-refractivity contribution in [2.45, 2.75) is 50.1 Å². The number of anilines is 2. The summed E-state index contributed by atoms with van der Waals surface area (Å²) in [6.45, 7) is 1.26. The van der Waals surface area contributed by atoms with Gasteiger partial charge in [-0.05, 0) is 49.9 Å². The molecule has 2 N–H and O–H groups in total. The standard InChI is InChI=1S/C26H32N4O3/c1-32-20-14-18(15-21(16-20)33-2)24(31)30-13-7-12-26(17-30)25(27-19-8-3-4-9-19)28-22-10-5-6-11-23(22)29-26/h5-6,10-11,14-16,19,29H,3-4,7-9,12-13,17H2,1-2H3,(H,27,28)/t26-/m0/s1. The van der Waals surface area contributed by atoms with Crippen molar-refractivity contribution in [3.05, 3.63) is 48.0 Å². The molecule has 5 rings (SSSR count). The molecule has 7 heteroatoms. The number of amidine groups is 1. The molecule has 0 radical (unpaired) electrons. The number of benzene rings is 2. The van der Waals surface area contributed by atoms with Gasteiger partial charge in [0, 0.05) is 18.2 Å². The number of amides is 1. The molecule has 2 heterocycles. The Morgan fingerprint density at radius 3 is 2.42 bits per heavy atom. The lowest BCUT2D eigenvalue weighted by molar-refractivity contribution is 0.0693. The Balaban J connectivity index is 1.47. The van der Waals surface area contributed by atoms with Crippen molar-refractivity contribution in [2.75, 3.05) is 37.9 Å². The van der Waals surface area contributed by atoms with E-state index in [2.05, 4.69) is 22.8 Å². The van der Waals surface area contributed by atoms with Gasteiger partial charge in [-0.15, -0.1) is 0 Å². The van der Waals surface area contributed by atoms with Gasteiger partial charge in [-0.1, -0.05) is 25.0 Å². The van der Waals surface area contributed by atoms with E-state index >= 15 is 0 Å². The number of fused-ring (bicyclic) bond motifs is 1. The first kappa shape index (κ1) is 21.6. The van der Waals surface area contributed by atoms with Gasteiger partial charge in [0.2, 0.25) is 0 Å². The first-order valence-electron chi connectivity index (χ1n) is 11.8. The third-order valence-electron chi connectivity index (χ3n) is 7.02. The highest BCUT2D eigenvalue weighted by Crippen LogP contribution is 2.37. The Kier molecular flexibility index (Phi) is 5.87. The molecule has 33 heavy (non-hydrogen) atoms. The lowest BCUT2D eigenvalue weighted by Crippen LogP contribution is -2.62. The molecule has 1 saturated heterocycles. The fraction of sp³-hybridized carbons (Fsp3) is 0.462. The minimum absolute atomic E-state index is 0.0212. The lowest BCUT2D eigenvalue weighted by atomic mass is 9.84. The van der Waals surface area contributed by atoms with E-state index in [0.717, 1.165) is 42.9 Å². The summed E-state index contributed by atoms with van der Waals surface area (Å²) in [6.07, 6.45) is 6.56. The quantitative estimate of drug-likeness (QED) is 0.717. The van der Waals surface area contributed by atoms with Gasteiger partial charge in [0.15, 0.2) is 0 Å². The molecular weight excluding hydrogens is 416 g/mol. The molecule has 2 aromatic carbocycles. The minimum atomic E-state index is -0.423. The van der Waals surface area contributed by atoms with E-state index in [-0.39, 0.29) is 5.91 Å². The van der Waals surface area contributed by atoms with Crippen molar-refractivity contribution in [3.8, 4) is 11.5 Å². The van der Waals surface area contributed by atoms with Crippen LogP contribution in [0.15, 0.2) is 47.5 Å². The Morgan fingerprint density at radius 2 is 1.73 bits per heavy atom. The average Bonchev–Trinajstić information content (AvgIpc) is 3.37. The highest BCUT2D eigenvalue weighted by molar-refractivity contribution is 6.10. The van der Waals surface area contributed by atoms with E-state index in [1.807, 2.05) is 17.0 Å². The molecule has 2 fully saturated rings. The van der Waals surface area contributed by atoms with Gasteiger partial charge >= 0.3 is 0 Å². The van der Waals surface area contributed by atoms with Crippen molar-refractivity contribution >= 4 is 23.1 Å². The van der Waals surface area contributed by atoms with Crippen LogP contribution in [-0.2, 0) is 0 Å². The second kappa shape index (κ2) is 8.96. The zero-order chi connectivity index (χ0) is 22.8. The number of carbonyl (C=O) groups is 1. The van der Waals surface area contributed by atoms with Crippen LogP contribution >= 0.6 is 0 Å². The van der Waals surface area contributed by atoms with Crippen molar-refractivity contribution < 1.29 is 14.3 Å². The number of hydrogen-bond acceptors (Lipinski definition) is 5. The zero-order valence-electron chi connectivity index (χ0n) is 19.4. The molecule has 3 aliphatic rings. The van der Waals surface area contributed by atoms with E-state index in [1.165, 1.54) is 12.8 Å². The van der Waals surface area contributed by atoms with Crippen molar-refractivity contribution in [1.29, 1.82) is 0 Å². The lowest BCUT2D eigenvalue weighted by Gasteiger charge is -2.47. The molecule has 2 aromatic rings. The summed E-state index contributed by atoms with van der Waals surface area (Å²) in [5.74, 6) is 2.17. The Hall–Kier alpha value is -3.22. The molecule has 1 saturated carbocycles. The van der Waals surface area contributed by atoms with Crippen molar-refractivity contribution in [3.63, 3.8) is 0 Å². The predicted octanol–water partition coefficient (Wildman–Crippen LogP) is 4.56. The summed E-state index contributed by atoms with van der Waals surface area (Å²) >= 11 is 0. The van der Waals surface area contributed by atoms with E-state index < -0.39 is 5.54 Å². The fourth-order valence-electron chi connectivity index (χ4n) is 5.27. The third kappa shape index (κ3) is 4.24. The van der Waals surface area contributed by atoms with Gasteiger partial charge in [-0.3, -0.25) is 9.79 Å². The molecule has 0 aromatic heterocycles. The molecule has 1 atom stereocenters. The number of methoxy groups -OCH3 is 2. The Morgan fingerprint density at radius 1 is 1.03 bits per heavy atom. The number of likely N-dealkylation sites (tertiary alicyclic amines) is 1. The van der Waals surface area contributed by atoms with Crippen LogP contribution < -0.4 is 20.1 Å². The molecule has 1 amide bonds. The minimum Gasteiger partial charge on any atom is -0.497 e. The van der Waals surface area contributed by atoms with Gasteiger partial charge in [0.05, 0.1) is 38.2 Å². The molecule has 1 spiro atoms.